The smallest absolute Gasteiger partial charge is 0.228 e. The third kappa shape index (κ3) is 2.53. The molecule has 0 fully saturated rings. The van der Waals surface area contributed by atoms with E-state index in [1.807, 2.05) is 0 Å². The van der Waals surface area contributed by atoms with Crippen molar-refractivity contribution in [1.82, 2.24) is 9.78 Å². The van der Waals surface area contributed by atoms with E-state index < -0.39 is 5.82 Å². The fraction of sp³-hybridized carbons (Fsp3) is 0.167. The summed E-state index contributed by atoms with van der Waals surface area (Å²) in [4.78, 5) is 0. The van der Waals surface area contributed by atoms with Crippen LogP contribution in [0.25, 0.3) is 0 Å². The van der Waals surface area contributed by atoms with E-state index in [4.69, 9.17) is 27.5 Å². The topological polar surface area (TPSA) is 76.9 Å². The molecule has 1 aromatic heterocycles. The lowest BCUT2D eigenvalue weighted by molar-refractivity contribution is 0.429. The summed E-state index contributed by atoms with van der Waals surface area (Å²) in [5.41, 5.74) is 6.47. The molecule has 0 atom stereocenters. The van der Waals surface area contributed by atoms with E-state index in [9.17, 15) is 4.39 Å². The van der Waals surface area contributed by atoms with Crippen LogP contribution in [0.5, 0.6) is 11.6 Å². The van der Waals surface area contributed by atoms with Crippen molar-refractivity contribution >= 4 is 17.4 Å². The monoisotopic (exact) mass is 282 g/mol. The van der Waals surface area contributed by atoms with Gasteiger partial charge in [0.15, 0.2) is 0 Å². The van der Waals surface area contributed by atoms with E-state index in [2.05, 4.69) is 5.10 Å². The maximum Gasteiger partial charge on any atom is 0.228 e. The standard InChI is InChI=1S/C12H12ClFN4O/c1-6-10(11(15)16)12(18(2)17-6)19-9-4-3-7(14)5-8(9)13/h3-5H,1-2H3,(H3,15,16). The molecule has 2 aromatic rings. The van der Waals surface area contributed by atoms with Gasteiger partial charge in [0.2, 0.25) is 5.88 Å². The second-order valence-corrected chi connectivity index (χ2v) is 4.39. The van der Waals surface area contributed by atoms with E-state index in [-0.39, 0.29) is 16.6 Å². The number of aryl methyl sites for hydroxylation is 2. The fourth-order valence-corrected chi connectivity index (χ4v) is 1.93. The van der Waals surface area contributed by atoms with Gasteiger partial charge >= 0.3 is 0 Å². The van der Waals surface area contributed by atoms with Crippen molar-refractivity contribution < 1.29 is 9.13 Å². The summed E-state index contributed by atoms with van der Waals surface area (Å²) < 4.78 is 20.0. The Bertz CT molecular complexity index is 653. The number of nitrogens with two attached hydrogens (primary N) is 1. The quantitative estimate of drug-likeness (QED) is 0.671. The molecule has 0 aliphatic heterocycles. The van der Waals surface area contributed by atoms with E-state index in [1.54, 1.807) is 14.0 Å². The Morgan fingerprint density at radius 1 is 1.53 bits per heavy atom. The normalized spacial score (nSPS) is 10.5. The first-order chi connectivity index (χ1) is 8.90. The molecule has 19 heavy (non-hydrogen) atoms. The first-order valence-corrected chi connectivity index (χ1v) is 5.79. The number of halogens is 2. The summed E-state index contributed by atoms with van der Waals surface area (Å²) in [5.74, 6) is -0.0452. The molecule has 0 unspecified atom stereocenters. The summed E-state index contributed by atoms with van der Waals surface area (Å²) in [7, 11) is 1.66. The highest BCUT2D eigenvalue weighted by molar-refractivity contribution is 6.32. The van der Waals surface area contributed by atoms with Crippen LogP contribution >= 0.6 is 11.6 Å². The highest BCUT2D eigenvalue weighted by Crippen LogP contribution is 2.32. The summed E-state index contributed by atoms with van der Waals surface area (Å²) >= 11 is 5.89. The van der Waals surface area contributed by atoms with Crippen molar-refractivity contribution in [1.29, 1.82) is 5.41 Å². The highest BCUT2D eigenvalue weighted by atomic mass is 35.5. The van der Waals surface area contributed by atoms with Gasteiger partial charge in [-0.05, 0) is 25.1 Å². The van der Waals surface area contributed by atoms with Gasteiger partial charge in [0.25, 0.3) is 0 Å². The van der Waals surface area contributed by atoms with Crippen LogP contribution in [0.3, 0.4) is 0 Å². The molecule has 7 heteroatoms. The van der Waals surface area contributed by atoms with Gasteiger partial charge < -0.3 is 10.5 Å². The van der Waals surface area contributed by atoms with Crippen LogP contribution < -0.4 is 10.5 Å². The van der Waals surface area contributed by atoms with Crippen molar-refractivity contribution in [2.45, 2.75) is 6.92 Å². The summed E-state index contributed by atoms with van der Waals surface area (Å²) in [6.45, 7) is 1.72. The maximum absolute atomic E-state index is 13.0. The van der Waals surface area contributed by atoms with Crippen LogP contribution in [0, 0.1) is 18.2 Å². The van der Waals surface area contributed by atoms with Crippen molar-refractivity contribution in [3.05, 3.63) is 40.3 Å². The molecule has 0 aliphatic rings. The third-order valence-electron chi connectivity index (χ3n) is 2.54. The molecule has 0 spiro atoms. The van der Waals surface area contributed by atoms with Crippen LogP contribution in [-0.2, 0) is 7.05 Å². The van der Waals surface area contributed by atoms with Gasteiger partial charge in [-0.15, -0.1) is 0 Å². The maximum atomic E-state index is 13.0. The molecular weight excluding hydrogens is 271 g/mol. The van der Waals surface area contributed by atoms with Gasteiger partial charge in [0.1, 0.15) is 23.0 Å². The average Bonchev–Trinajstić information content (AvgIpc) is 2.57. The first kappa shape index (κ1) is 13.4. The Morgan fingerprint density at radius 2 is 2.21 bits per heavy atom. The van der Waals surface area contributed by atoms with Gasteiger partial charge in [-0.2, -0.15) is 5.10 Å². The number of aromatic nitrogens is 2. The van der Waals surface area contributed by atoms with Crippen LogP contribution in [0.1, 0.15) is 11.3 Å². The zero-order valence-corrected chi connectivity index (χ0v) is 11.1. The SMILES string of the molecule is Cc1nn(C)c(Oc2ccc(F)cc2Cl)c1C(=N)N. The lowest BCUT2D eigenvalue weighted by Crippen LogP contribution is -2.13. The molecule has 0 aliphatic carbocycles. The number of amidine groups is 1. The second kappa shape index (κ2) is 4.89. The predicted molar refractivity (Wildman–Crippen MR) is 70.4 cm³/mol. The average molecular weight is 283 g/mol. The Labute approximate surface area is 114 Å². The molecule has 5 nitrogen and oxygen atoms in total. The summed E-state index contributed by atoms with van der Waals surface area (Å²) in [6, 6.07) is 3.79. The van der Waals surface area contributed by atoms with Crippen molar-refractivity contribution in [2.24, 2.45) is 12.8 Å². The van der Waals surface area contributed by atoms with E-state index in [1.165, 1.54) is 16.8 Å². The number of benzene rings is 1. The van der Waals surface area contributed by atoms with Gasteiger partial charge in [0, 0.05) is 7.05 Å². The Hall–Kier alpha value is -2.08. The first-order valence-electron chi connectivity index (χ1n) is 5.41. The number of rotatable bonds is 3. The number of nitrogens with zero attached hydrogens (tertiary/aromatic N) is 2. The van der Waals surface area contributed by atoms with Gasteiger partial charge in [0.05, 0.1) is 10.7 Å². The molecule has 3 N–H and O–H groups in total. The molecule has 0 amide bonds. The van der Waals surface area contributed by atoms with Gasteiger partial charge in [-0.3, -0.25) is 5.41 Å². The zero-order valence-electron chi connectivity index (χ0n) is 10.4. The van der Waals surface area contributed by atoms with Gasteiger partial charge in [-0.1, -0.05) is 11.6 Å². The highest BCUT2D eigenvalue weighted by Gasteiger charge is 2.19. The number of ether oxygens (including phenoxy) is 1. The van der Waals surface area contributed by atoms with Crippen LogP contribution in [0.15, 0.2) is 18.2 Å². The summed E-state index contributed by atoms with van der Waals surface area (Å²) in [6.07, 6.45) is 0. The van der Waals surface area contributed by atoms with Crippen LogP contribution in [-0.4, -0.2) is 15.6 Å². The third-order valence-corrected chi connectivity index (χ3v) is 2.83. The second-order valence-electron chi connectivity index (χ2n) is 3.98. The lowest BCUT2D eigenvalue weighted by Gasteiger charge is -2.09. The molecule has 0 radical (unpaired) electrons. The molecule has 0 saturated heterocycles. The predicted octanol–water partition coefficient (Wildman–Crippen LogP) is 2.60. The minimum absolute atomic E-state index is 0.133. The van der Waals surface area contributed by atoms with Crippen molar-refractivity contribution in [3.63, 3.8) is 0 Å². The Balaban J connectivity index is 2.46. The molecular formula is C12H12ClFN4O. The molecule has 2 rings (SSSR count). The molecule has 100 valence electrons. The van der Waals surface area contributed by atoms with Gasteiger partial charge in [-0.25, -0.2) is 9.07 Å². The fourth-order valence-electron chi connectivity index (χ4n) is 1.73. The Kier molecular flexibility index (Phi) is 3.44. The lowest BCUT2D eigenvalue weighted by atomic mass is 10.2. The number of hydrogen-bond acceptors (Lipinski definition) is 3. The van der Waals surface area contributed by atoms with Crippen molar-refractivity contribution in [2.75, 3.05) is 0 Å². The number of nitrogens with one attached hydrogen (secondary N) is 1. The van der Waals surface area contributed by atoms with E-state index in [0.29, 0.717) is 17.1 Å². The van der Waals surface area contributed by atoms with Crippen LogP contribution in [0.2, 0.25) is 5.02 Å². The molecule has 1 heterocycles. The minimum Gasteiger partial charge on any atom is -0.437 e. The summed E-state index contributed by atoms with van der Waals surface area (Å²) in [5, 5.41) is 11.8. The van der Waals surface area contributed by atoms with E-state index >= 15 is 0 Å². The zero-order chi connectivity index (χ0) is 14.2. The van der Waals surface area contributed by atoms with Crippen LogP contribution in [0.4, 0.5) is 4.39 Å². The Morgan fingerprint density at radius 3 is 2.79 bits per heavy atom. The molecule has 0 saturated carbocycles. The minimum atomic E-state index is -0.453. The molecule has 1 aromatic carbocycles. The number of hydrogen-bond donors (Lipinski definition) is 2. The molecule has 0 bridgehead atoms. The van der Waals surface area contributed by atoms with Crippen molar-refractivity contribution in [3.8, 4) is 11.6 Å². The number of nitrogen functional groups attached to an aromatic ring is 1. The largest absolute Gasteiger partial charge is 0.437 e. The van der Waals surface area contributed by atoms with E-state index in [0.717, 1.165) is 6.07 Å².